The smallest absolute Gasteiger partial charge is 0.244 e. The molecule has 150 valence electrons. The molecule has 2 amide bonds. The first-order valence-corrected chi connectivity index (χ1v) is 10.3. The molecule has 0 radical (unpaired) electrons. The molecule has 0 atom stereocenters. The third-order valence-corrected chi connectivity index (χ3v) is 6.03. The second-order valence-corrected chi connectivity index (χ2v) is 8.87. The van der Waals surface area contributed by atoms with Gasteiger partial charge in [0.05, 0.1) is 13.1 Å². The molecule has 10 heteroatoms. The van der Waals surface area contributed by atoms with Gasteiger partial charge in [0.1, 0.15) is 4.90 Å². The predicted octanol–water partition coefficient (Wildman–Crippen LogP) is -0.629. The molecule has 1 aliphatic rings. The van der Waals surface area contributed by atoms with Crippen LogP contribution in [-0.2, 0) is 19.6 Å². The SMILES string of the molecule is CC(C)NC(=O)CN1CCN(C(=O)CN(C)S(=O)(=O)c2cccnc2)CC1. The summed E-state index contributed by atoms with van der Waals surface area (Å²) in [6.07, 6.45) is 2.75. The van der Waals surface area contributed by atoms with Crippen LogP contribution in [0.2, 0.25) is 0 Å². The molecule has 0 aromatic carbocycles. The van der Waals surface area contributed by atoms with Crippen LogP contribution in [0.1, 0.15) is 13.8 Å². The average molecular weight is 398 g/mol. The highest BCUT2D eigenvalue weighted by atomic mass is 32.2. The Hall–Kier alpha value is -2.04. The Bertz CT molecular complexity index is 746. The van der Waals surface area contributed by atoms with Gasteiger partial charge in [0.2, 0.25) is 21.8 Å². The van der Waals surface area contributed by atoms with Gasteiger partial charge >= 0.3 is 0 Å². The van der Waals surface area contributed by atoms with E-state index >= 15 is 0 Å². The minimum absolute atomic E-state index is 0.0351. The van der Waals surface area contributed by atoms with Gasteiger partial charge in [0.15, 0.2) is 0 Å². The van der Waals surface area contributed by atoms with Gasteiger partial charge in [-0.1, -0.05) is 0 Å². The third kappa shape index (κ3) is 5.98. The molecule has 0 unspecified atom stereocenters. The molecular formula is C17H27N5O4S. The van der Waals surface area contributed by atoms with Crippen molar-refractivity contribution in [3.63, 3.8) is 0 Å². The lowest BCUT2D eigenvalue weighted by molar-refractivity contribution is -0.133. The van der Waals surface area contributed by atoms with Gasteiger partial charge in [-0.05, 0) is 26.0 Å². The van der Waals surface area contributed by atoms with Crippen LogP contribution in [0.15, 0.2) is 29.4 Å². The van der Waals surface area contributed by atoms with Crippen molar-refractivity contribution in [1.82, 2.24) is 24.4 Å². The summed E-state index contributed by atoms with van der Waals surface area (Å²) in [5, 5.41) is 2.84. The summed E-state index contributed by atoms with van der Waals surface area (Å²) < 4.78 is 26.0. The number of piperazine rings is 1. The van der Waals surface area contributed by atoms with Gasteiger partial charge in [-0.3, -0.25) is 19.5 Å². The van der Waals surface area contributed by atoms with Crippen molar-refractivity contribution in [3.8, 4) is 0 Å². The van der Waals surface area contributed by atoms with Crippen LogP contribution in [0, 0.1) is 0 Å². The maximum atomic E-state index is 12.5. The molecule has 0 aliphatic carbocycles. The van der Waals surface area contributed by atoms with Crippen molar-refractivity contribution in [3.05, 3.63) is 24.5 Å². The van der Waals surface area contributed by atoms with E-state index in [4.69, 9.17) is 0 Å². The standard InChI is InChI=1S/C17H27N5O4S/c1-14(2)19-16(23)12-21-7-9-22(10-8-21)17(24)13-20(3)27(25,26)15-5-4-6-18-11-15/h4-6,11,14H,7-10,12-13H2,1-3H3,(H,19,23). The molecule has 1 saturated heterocycles. The fraction of sp³-hybridized carbons (Fsp3) is 0.588. The lowest BCUT2D eigenvalue weighted by atomic mass is 10.3. The first-order valence-electron chi connectivity index (χ1n) is 8.86. The molecule has 27 heavy (non-hydrogen) atoms. The van der Waals surface area contributed by atoms with E-state index in [0.717, 1.165) is 4.31 Å². The summed E-state index contributed by atoms with van der Waals surface area (Å²) in [6.45, 7) is 5.98. The lowest BCUT2D eigenvalue weighted by Gasteiger charge is -2.35. The van der Waals surface area contributed by atoms with Gasteiger partial charge in [-0.2, -0.15) is 4.31 Å². The molecule has 0 bridgehead atoms. The number of carbonyl (C=O) groups is 2. The number of aromatic nitrogens is 1. The molecule has 1 aromatic heterocycles. The molecule has 1 fully saturated rings. The maximum Gasteiger partial charge on any atom is 0.244 e. The van der Waals surface area contributed by atoms with E-state index in [2.05, 4.69) is 10.3 Å². The number of amides is 2. The van der Waals surface area contributed by atoms with Gasteiger partial charge in [0.25, 0.3) is 0 Å². The van der Waals surface area contributed by atoms with Crippen LogP contribution in [0.3, 0.4) is 0 Å². The summed E-state index contributed by atoms with van der Waals surface area (Å²) in [4.78, 5) is 31.8. The van der Waals surface area contributed by atoms with Crippen molar-refractivity contribution < 1.29 is 18.0 Å². The van der Waals surface area contributed by atoms with Crippen molar-refractivity contribution in [2.75, 3.05) is 46.3 Å². The topological polar surface area (TPSA) is 103 Å². The molecule has 1 N–H and O–H groups in total. The summed E-state index contributed by atoms with van der Waals surface area (Å²) in [5.74, 6) is -0.289. The van der Waals surface area contributed by atoms with Crippen LogP contribution < -0.4 is 5.32 Å². The Morgan fingerprint density at radius 2 is 1.93 bits per heavy atom. The zero-order valence-electron chi connectivity index (χ0n) is 16.0. The van der Waals surface area contributed by atoms with Crippen LogP contribution >= 0.6 is 0 Å². The van der Waals surface area contributed by atoms with Crippen LogP contribution in [0.4, 0.5) is 0 Å². The zero-order valence-corrected chi connectivity index (χ0v) is 16.8. The molecule has 0 saturated carbocycles. The number of sulfonamides is 1. The van der Waals surface area contributed by atoms with Crippen molar-refractivity contribution >= 4 is 21.8 Å². The first-order chi connectivity index (χ1) is 12.7. The molecular weight excluding hydrogens is 370 g/mol. The number of hydrogen-bond acceptors (Lipinski definition) is 6. The van der Waals surface area contributed by atoms with E-state index in [1.165, 1.54) is 31.6 Å². The highest BCUT2D eigenvalue weighted by molar-refractivity contribution is 7.89. The summed E-state index contributed by atoms with van der Waals surface area (Å²) >= 11 is 0. The number of likely N-dealkylation sites (N-methyl/N-ethyl adjacent to an activating group) is 1. The fourth-order valence-corrected chi connectivity index (χ4v) is 3.87. The van der Waals surface area contributed by atoms with E-state index in [1.807, 2.05) is 18.7 Å². The Labute approximate surface area is 160 Å². The quantitative estimate of drug-likeness (QED) is 0.657. The summed E-state index contributed by atoms with van der Waals surface area (Å²) in [5.41, 5.74) is 0. The first kappa shape index (κ1) is 21.3. The van der Waals surface area contributed by atoms with Crippen molar-refractivity contribution in [2.45, 2.75) is 24.8 Å². The molecule has 9 nitrogen and oxygen atoms in total. The number of pyridine rings is 1. The number of nitrogens with one attached hydrogen (secondary N) is 1. The van der Waals surface area contributed by atoms with Gasteiger partial charge < -0.3 is 10.2 Å². The van der Waals surface area contributed by atoms with Gasteiger partial charge in [-0.25, -0.2) is 8.42 Å². The molecule has 1 aromatic rings. The molecule has 2 rings (SSSR count). The Morgan fingerprint density at radius 1 is 1.26 bits per heavy atom. The Balaban J connectivity index is 1.85. The number of nitrogens with zero attached hydrogens (tertiary/aromatic N) is 4. The maximum absolute atomic E-state index is 12.5. The highest BCUT2D eigenvalue weighted by Gasteiger charge is 2.27. The van der Waals surface area contributed by atoms with Crippen molar-refractivity contribution in [1.29, 1.82) is 0 Å². The van der Waals surface area contributed by atoms with Crippen LogP contribution in [-0.4, -0.2) is 91.7 Å². The normalized spacial score (nSPS) is 16.0. The van der Waals surface area contributed by atoms with Crippen molar-refractivity contribution in [2.24, 2.45) is 0 Å². The Morgan fingerprint density at radius 3 is 2.48 bits per heavy atom. The van der Waals surface area contributed by atoms with Gasteiger partial charge in [0, 0.05) is 51.7 Å². The minimum Gasteiger partial charge on any atom is -0.353 e. The minimum atomic E-state index is -3.75. The van der Waals surface area contributed by atoms with E-state index in [0.29, 0.717) is 32.7 Å². The molecule has 2 heterocycles. The fourth-order valence-electron chi connectivity index (χ4n) is 2.78. The number of carbonyl (C=O) groups excluding carboxylic acids is 2. The molecule has 0 spiro atoms. The average Bonchev–Trinajstić information content (AvgIpc) is 2.62. The van der Waals surface area contributed by atoms with E-state index in [-0.39, 0.29) is 29.3 Å². The molecule has 1 aliphatic heterocycles. The van der Waals surface area contributed by atoms with Crippen LogP contribution in [0.25, 0.3) is 0 Å². The summed E-state index contributed by atoms with van der Waals surface area (Å²) in [7, 11) is -2.37. The zero-order chi connectivity index (χ0) is 20.0. The predicted molar refractivity (Wildman–Crippen MR) is 100 cm³/mol. The largest absolute Gasteiger partial charge is 0.353 e. The number of rotatable bonds is 7. The monoisotopic (exact) mass is 397 g/mol. The Kier molecular flexibility index (Phi) is 7.28. The van der Waals surface area contributed by atoms with E-state index < -0.39 is 10.0 Å². The van der Waals surface area contributed by atoms with E-state index in [1.54, 1.807) is 4.90 Å². The van der Waals surface area contributed by atoms with Crippen LogP contribution in [0.5, 0.6) is 0 Å². The third-order valence-electron chi connectivity index (χ3n) is 4.24. The second-order valence-electron chi connectivity index (χ2n) is 6.83. The number of hydrogen-bond donors (Lipinski definition) is 1. The lowest BCUT2D eigenvalue weighted by Crippen LogP contribution is -2.53. The second kappa shape index (κ2) is 9.25. The highest BCUT2D eigenvalue weighted by Crippen LogP contribution is 2.13. The van der Waals surface area contributed by atoms with E-state index in [9.17, 15) is 18.0 Å². The van der Waals surface area contributed by atoms with Gasteiger partial charge in [-0.15, -0.1) is 0 Å². The summed E-state index contributed by atoms with van der Waals surface area (Å²) in [6, 6.07) is 3.08.